The van der Waals surface area contributed by atoms with E-state index in [2.05, 4.69) is 0 Å². The Kier molecular flexibility index (Phi) is 3.69. The number of hydrogen-bond donors (Lipinski definition) is 3. The molecule has 17 heavy (non-hydrogen) atoms. The van der Waals surface area contributed by atoms with Gasteiger partial charge in [-0.15, -0.1) is 0 Å². The number of aromatic hydroxyl groups is 1. The van der Waals surface area contributed by atoms with Gasteiger partial charge in [-0.2, -0.15) is 0 Å². The maximum Gasteiger partial charge on any atom is 0.121 e. The minimum Gasteiger partial charge on any atom is -0.508 e. The third-order valence-corrected chi connectivity index (χ3v) is 4.07. The summed E-state index contributed by atoms with van der Waals surface area (Å²) in [6, 6.07) is 5.59. The van der Waals surface area contributed by atoms with Crippen molar-refractivity contribution in [2.45, 2.75) is 44.1 Å². The van der Waals surface area contributed by atoms with Gasteiger partial charge >= 0.3 is 0 Å². The fourth-order valence-corrected chi connectivity index (χ4v) is 2.87. The van der Waals surface area contributed by atoms with Crippen LogP contribution in [0.4, 0.5) is 0 Å². The third-order valence-electron chi connectivity index (χ3n) is 4.07. The molecule has 0 atom stereocenters. The van der Waals surface area contributed by atoms with E-state index in [1.807, 2.05) is 6.07 Å². The molecule has 94 valence electrons. The van der Waals surface area contributed by atoms with E-state index in [1.165, 1.54) is 19.3 Å². The maximum atomic E-state index is 9.83. The first-order chi connectivity index (χ1) is 8.22. The molecule has 3 nitrogen and oxygen atoms in total. The molecule has 0 heterocycles. The zero-order chi connectivity index (χ0) is 12.3. The lowest BCUT2D eigenvalue weighted by Crippen LogP contribution is -2.37. The van der Waals surface area contributed by atoms with Crippen molar-refractivity contribution in [1.29, 1.82) is 0 Å². The lowest BCUT2D eigenvalue weighted by Gasteiger charge is -2.37. The van der Waals surface area contributed by atoms with Gasteiger partial charge in [0.15, 0.2) is 0 Å². The van der Waals surface area contributed by atoms with Crippen molar-refractivity contribution >= 4 is 0 Å². The lowest BCUT2D eigenvalue weighted by atomic mass is 9.69. The van der Waals surface area contributed by atoms with E-state index in [0.29, 0.717) is 12.1 Å². The van der Waals surface area contributed by atoms with Crippen molar-refractivity contribution in [3.8, 4) is 5.75 Å². The number of phenols is 1. The Morgan fingerprint density at radius 1 is 1.18 bits per heavy atom. The molecule has 0 saturated heterocycles. The first-order valence-electron chi connectivity index (χ1n) is 6.35. The molecule has 1 aromatic carbocycles. The number of aliphatic hydroxyl groups excluding tert-OH is 1. The molecule has 1 fully saturated rings. The summed E-state index contributed by atoms with van der Waals surface area (Å²) in [5, 5.41) is 18.9. The lowest BCUT2D eigenvalue weighted by molar-refractivity contribution is 0.274. The SMILES string of the molecule is NCC1(c2ccc(CO)c(O)c2)CCCCC1. The molecule has 1 aromatic rings. The van der Waals surface area contributed by atoms with Crippen LogP contribution in [0.15, 0.2) is 18.2 Å². The standard InChI is InChI=1S/C14H21NO2/c15-10-14(6-2-1-3-7-14)12-5-4-11(9-16)13(17)8-12/h4-5,8,16-17H,1-3,6-7,9-10,15H2. The van der Waals surface area contributed by atoms with Crippen LogP contribution in [0.5, 0.6) is 5.75 Å². The highest BCUT2D eigenvalue weighted by atomic mass is 16.3. The summed E-state index contributed by atoms with van der Waals surface area (Å²) in [4.78, 5) is 0. The summed E-state index contributed by atoms with van der Waals surface area (Å²) < 4.78 is 0. The average molecular weight is 235 g/mol. The zero-order valence-electron chi connectivity index (χ0n) is 10.2. The van der Waals surface area contributed by atoms with Crippen LogP contribution in [0.2, 0.25) is 0 Å². The molecular formula is C14H21NO2. The predicted octanol–water partition coefficient (Wildman–Crippen LogP) is 2.05. The summed E-state index contributed by atoms with van der Waals surface area (Å²) in [6.45, 7) is 0.507. The normalized spacial score (nSPS) is 19.2. The van der Waals surface area contributed by atoms with E-state index in [9.17, 15) is 5.11 Å². The smallest absolute Gasteiger partial charge is 0.121 e. The van der Waals surface area contributed by atoms with E-state index in [1.54, 1.807) is 12.1 Å². The second-order valence-corrected chi connectivity index (χ2v) is 5.05. The molecule has 4 N–H and O–H groups in total. The highest BCUT2D eigenvalue weighted by Gasteiger charge is 2.32. The molecular weight excluding hydrogens is 214 g/mol. The Hall–Kier alpha value is -1.06. The van der Waals surface area contributed by atoms with Crippen molar-refractivity contribution in [2.24, 2.45) is 5.73 Å². The van der Waals surface area contributed by atoms with Gasteiger partial charge in [-0.05, 0) is 24.5 Å². The molecule has 3 heteroatoms. The van der Waals surface area contributed by atoms with Crippen molar-refractivity contribution in [1.82, 2.24) is 0 Å². The maximum absolute atomic E-state index is 9.83. The Labute approximate surface area is 102 Å². The summed E-state index contributed by atoms with van der Waals surface area (Å²) >= 11 is 0. The molecule has 0 aliphatic heterocycles. The topological polar surface area (TPSA) is 66.5 Å². The van der Waals surface area contributed by atoms with Gasteiger partial charge in [0.25, 0.3) is 0 Å². The second kappa shape index (κ2) is 5.07. The Bertz CT molecular complexity index is 384. The Morgan fingerprint density at radius 2 is 1.88 bits per heavy atom. The number of nitrogens with two attached hydrogens (primary N) is 1. The van der Waals surface area contributed by atoms with Crippen LogP contribution < -0.4 is 5.73 Å². The van der Waals surface area contributed by atoms with E-state index >= 15 is 0 Å². The van der Waals surface area contributed by atoms with Crippen LogP contribution in [0.25, 0.3) is 0 Å². The highest BCUT2D eigenvalue weighted by Crippen LogP contribution is 2.40. The summed E-state index contributed by atoms with van der Waals surface area (Å²) in [5.74, 6) is 0.184. The van der Waals surface area contributed by atoms with Crippen LogP contribution in [0.1, 0.15) is 43.2 Å². The fraction of sp³-hybridized carbons (Fsp3) is 0.571. The molecule has 1 saturated carbocycles. The van der Waals surface area contributed by atoms with E-state index in [-0.39, 0.29) is 17.8 Å². The van der Waals surface area contributed by atoms with Gasteiger partial charge in [-0.25, -0.2) is 0 Å². The first-order valence-corrected chi connectivity index (χ1v) is 6.35. The number of rotatable bonds is 3. The van der Waals surface area contributed by atoms with Crippen LogP contribution in [-0.4, -0.2) is 16.8 Å². The van der Waals surface area contributed by atoms with Crippen molar-refractivity contribution in [3.05, 3.63) is 29.3 Å². The number of aliphatic hydroxyl groups is 1. The predicted molar refractivity (Wildman–Crippen MR) is 67.8 cm³/mol. The number of hydrogen-bond acceptors (Lipinski definition) is 3. The summed E-state index contributed by atoms with van der Waals surface area (Å²) in [6.07, 6.45) is 5.89. The largest absolute Gasteiger partial charge is 0.508 e. The highest BCUT2D eigenvalue weighted by molar-refractivity contribution is 5.40. The second-order valence-electron chi connectivity index (χ2n) is 5.05. The molecule has 0 bridgehead atoms. The van der Waals surface area contributed by atoms with Gasteiger partial charge in [0.1, 0.15) is 5.75 Å². The number of benzene rings is 1. The third kappa shape index (κ3) is 2.31. The minimum absolute atomic E-state index is 0.0315. The molecule has 0 aromatic heterocycles. The monoisotopic (exact) mass is 235 g/mol. The average Bonchev–Trinajstić information content (AvgIpc) is 2.39. The fourth-order valence-electron chi connectivity index (χ4n) is 2.87. The first kappa shape index (κ1) is 12.4. The van der Waals surface area contributed by atoms with E-state index in [0.717, 1.165) is 18.4 Å². The molecule has 0 amide bonds. The molecule has 1 aliphatic rings. The Balaban J connectivity index is 2.33. The van der Waals surface area contributed by atoms with E-state index < -0.39 is 0 Å². The molecule has 2 rings (SSSR count). The van der Waals surface area contributed by atoms with Crippen LogP contribution in [0, 0.1) is 0 Å². The summed E-state index contributed by atoms with van der Waals surface area (Å²) in [5.41, 5.74) is 7.69. The van der Waals surface area contributed by atoms with Crippen molar-refractivity contribution < 1.29 is 10.2 Å². The Morgan fingerprint density at radius 3 is 2.41 bits per heavy atom. The van der Waals surface area contributed by atoms with Crippen LogP contribution in [-0.2, 0) is 12.0 Å². The van der Waals surface area contributed by atoms with Crippen molar-refractivity contribution in [2.75, 3.05) is 6.54 Å². The van der Waals surface area contributed by atoms with Gasteiger partial charge < -0.3 is 15.9 Å². The van der Waals surface area contributed by atoms with Crippen molar-refractivity contribution in [3.63, 3.8) is 0 Å². The quantitative estimate of drug-likeness (QED) is 0.751. The molecule has 0 spiro atoms. The minimum atomic E-state index is -0.123. The van der Waals surface area contributed by atoms with E-state index in [4.69, 9.17) is 10.8 Å². The van der Waals surface area contributed by atoms with Gasteiger partial charge in [0.05, 0.1) is 6.61 Å². The van der Waals surface area contributed by atoms with Gasteiger partial charge in [0, 0.05) is 17.5 Å². The van der Waals surface area contributed by atoms with Gasteiger partial charge in [-0.3, -0.25) is 0 Å². The van der Waals surface area contributed by atoms with Gasteiger partial charge in [-0.1, -0.05) is 31.4 Å². The van der Waals surface area contributed by atoms with Crippen LogP contribution in [0.3, 0.4) is 0 Å². The molecule has 0 unspecified atom stereocenters. The summed E-state index contributed by atoms with van der Waals surface area (Å²) in [7, 11) is 0. The van der Waals surface area contributed by atoms with Gasteiger partial charge in [0.2, 0.25) is 0 Å². The zero-order valence-corrected chi connectivity index (χ0v) is 10.2. The molecule has 0 radical (unpaired) electrons. The molecule has 1 aliphatic carbocycles. The van der Waals surface area contributed by atoms with Crippen LogP contribution >= 0.6 is 0 Å².